The van der Waals surface area contributed by atoms with Crippen molar-refractivity contribution in [1.29, 1.82) is 0 Å². The molecule has 0 fully saturated rings. The average molecular weight is 374 g/mol. The van der Waals surface area contributed by atoms with E-state index in [0.717, 1.165) is 17.0 Å². The van der Waals surface area contributed by atoms with E-state index in [4.69, 9.17) is 5.11 Å². The van der Waals surface area contributed by atoms with Gasteiger partial charge in [-0.3, -0.25) is 9.59 Å². The molecule has 1 aromatic carbocycles. The van der Waals surface area contributed by atoms with E-state index < -0.39 is 47.4 Å². The Morgan fingerprint density at radius 1 is 1.27 bits per heavy atom. The van der Waals surface area contributed by atoms with Crippen LogP contribution in [0.4, 0.5) is 17.6 Å². The highest BCUT2D eigenvalue weighted by atomic mass is 19.4. The van der Waals surface area contributed by atoms with E-state index >= 15 is 0 Å². The maximum Gasteiger partial charge on any atom is 0.435 e. The highest BCUT2D eigenvalue weighted by molar-refractivity contribution is 5.93. The van der Waals surface area contributed by atoms with Crippen molar-refractivity contribution >= 4 is 11.9 Å². The molecule has 1 heterocycles. The van der Waals surface area contributed by atoms with Gasteiger partial charge in [-0.15, -0.1) is 5.10 Å². The van der Waals surface area contributed by atoms with Gasteiger partial charge in [-0.25, -0.2) is 9.07 Å². The first-order valence-corrected chi connectivity index (χ1v) is 7.45. The molecule has 1 N–H and O–H groups in total. The Labute approximate surface area is 144 Å². The molecular weight excluding hydrogens is 360 g/mol. The van der Waals surface area contributed by atoms with E-state index in [0.29, 0.717) is 0 Å². The summed E-state index contributed by atoms with van der Waals surface area (Å²) >= 11 is 0. The van der Waals surface area contributed by atoms with Crippen LogP contribution < -0.4 is 0 Å². The third kappa shape index (κ3) is 3.98. The Kier molecular flexibility index (Phi) is 5.58. The lowest BCUT2D eigenvalue weighted by Crippen LogP contribution is -2.34. The molecule has 2 rings (SSSR count). The number of aromatic nitrogens is 3. The summed E-state index contributed by atoms with van der Waals surface area (Å²) in [5.74, 6) is -3.31. The minimum absolute atomic E-state index is 0.0318. The fourth-order valence-corrected chi connectivity index (χ4v) is 2.26. The molecule has 0 aliphatic rings. The lowest BCUT2D eigenvalue weighted by Gasteiger charge is -2.19. The Balaban J connectivity index is 2.51. The number of para-hydroxylation sites is 1. The summed E-state index contributed by atoms with van der Waals surface area (Å²) in [5.41, 5.74) is -3.06. The highest BCUT2D eigenvalue weighted by Crippen LogP contribution is 2.33. The minimum atomic E-state index is -5.04. The van der Waals surface area contributed by atoms with Gasteiger partial charge in [-0.05, 0) is 19.1 Å². The first-order chi connectivity index (χ1) is 12.2. The van der Waals surface area contributed by atoms with E-state index in [1.54, 1.807) is 0 Å². The third-order valence-corrected chi connectivity index (χ3v) is 3.49. The molecule has 0 unspecified atom stereocenters. The summed E-state index contributed by atoms with van der Waals surface area (Å²) in [4.78, 5) is 24.0. The number of carbonyl (C=O) groups excluding carboxylic acids is 1. The second-order valence-corrected chi connectivity index (χ2v) is 5.18. The van der Waals surface area contributed by atoms with Crippen LogP contribution in [-0.4, -0.2) is 50.0 Å². The van der Waals surface area contributed by atoms with Crippen molar-refractivity contribution < 1.29 is 32.3 Å². The molecule has 0 aliphatic heterocycles. The number of carboxylic acid groups (broad SMARTS) is 1. The summed E-state index contributed by atoms with van der Waals surface area (Å²) in [7, 11) is 0. The quantitative estimate of drug-likeness (QED) is 0.785. The van der Waals surface area contributed by atoms with Crippen molar-refractivity contribution in [3.05, 3.63) is 41.5 Å². The maximum absolute atomic E-state index is 13.9. The molecule has 7 nitrogen and oxygen atoms in total. The molecule has 0 spiro atoms. The zero-order valence-electron chi connectivity index (χ0n) is 13.5. The number of rotatable bonds is 6. The van der Waals surface area contributed by atoms with Crippen molar-refractivity contribution in [1.82, 2.24) is 19.9 Å². The first-order valence-electron chi connectivity index (χ1n) is 7.45. The predicted octanol–water partition coefficient (Wildman–Crippen LogP) is 2.36. The van der Waals surface area contributed by atoms with Gasteiger partial charge >= 0.3 is 12.1 Å². The second kappa shape index (κ2) is 7.50. The Hall–Kier alpha value is -2.98. The van der Waals surface area contributed by atoms with Gasteiger partial charge in [-0.2, -0.15) is 13.2 Å². The van der Waals surface area contributed by atoms with Crippen LogP contribution in [0.1, 0.15) is 29.5 Å². The smallest absolute Gasteiger partial charge is 0.435 e. The van der Waals surface area contributed by atoms with E-state index in [1.165, 1.54) is 19.1 Å². The Morgan fingerprint density at radius 3 is 2.46 bits per heavy atom. The Morgan fingerprint density at radius 2 is 1.92 bits per heavy atom. The van der Waals surface area contributed by atoms with Crippen LogP contribution in [0.2, 0.25) is 0 Å². The van der Waals surface area contributed by atoms with Gasteiger partial charge in [0.05, 0.1) is 6.42 Å². The number of carboxylic acids is 1. The average Bonchev–Trinajstić information content (AvgIpc) is 3.00. The van der Waals surface area contributed by atoms with Crippen molar-refractivity contribution in [2.24, 2.45) is 0 Å². The molecule has 140 valence electrons. The third-order valence-electron chi connectivity index (χ3n) is 3.49. The van der Waals surface area contributed by atoms with E-state index in [9.17, 15) is 27.2 Å². The number of aliphatic carboxylic acids is 1. The molecule has 0 atom stereocenters. The molecule has 1 aromatic heterocycles. The van der Waals surface area contributed by atoms with Crippen LogP contribution in [0.15, 0.2) is 24.3 Å². The minimum Gasteiger partial charge on any atom is -0.481 e. The van der Waals surface area contributed by atoms with Gasteiger partial charge in [0.15, 0.2) is 11.4 Å². The number of nitrogens with zero attached hydrogens (tertiary/aromatic N) is 4. The highest BCUT2D eigenvalue weighted by Gasteiger charge is 2.43. The normalized spacial score (nSPS) is 11.4. The number of amides is 1. The lowest BCUT2D eigenvalue weighted by atomic mass is 10.2. The number of carbonyl (C=O) groups is 2. The van der Waals surface area contributed by atoms with Crippen molar-refractivity contribution in [3.63, 3.8) is 0 Å². The molecular formula is C15H14F4N4O3. The molecule has 1 amide bonds. The van der Waals surface area contributed by atoms with E-state index in [2.05, 4.69) is 10.3 Å². The van der Waals surface area contributed by atoms with Crippen LogP contribution in [0.25, 0.3) is 5.69 Å². The SMILES string of the molecule is CCN(CCC(=O)O)C(=O)c1nnn(-c2ccccc2F)c1C(F)(F)F. The zero-order chi connectivity index (χ0) is 19.5. The summed E-state index contributed by atoms with van der Waals surface area (Å²) in [6.07, 6.45) is -5.48. The fourth-order valence-electron chi connectivity index (χ4n) is 2.26. The van der Waals surface area contributed by atoms with Crippen LogP contribution >= 0.6 is 0 Å². The molecule has 0 aliphatic carbocycles. The topological polar surface area (TPSA) is 88.3 Å². The number of benzene rings is 1. The molecule has 0 saturated heterocycles. The summed E-state index contributed by atoms with van der Waals surface area (Å²) in [6, 6.07) is 4.62. The monoisotopic (exact) mass is 374 g/mol. The Bertz CT molecular complexity index is 819. The van der Waals surface area contributed by atoms with Crippen LogP contribution in [0.3, 0.4) is 0 Å². The van der Waals surface area contributed by atoms with Crippen molar-refractivity contribution in [2.75, 3.05) is 13.1 Å². The number of halogens is 4. The van der Waals surface area contributed by atoms with Gasteiger partial charge in [0.2, 0.25) is 0 Å². The van der Waals surface area contributed by atoms with Crippen molar-refractivity contribution in [2.45, 2.75) is 19.5 Å². The maximum atomic E-state index is 13.9. The molecule has 0 bridgehead atoms. The molecule has 26 heavy (non-hydrogen) atoms. The van der Waals surface area contributed by atoms with Gasteiger partial charge in [0.1, 0.15) is 11.5 Å². The molecule has 2 aromatic rings. The van der Waals surface area contributed by atoms with Gasteiger partial charge in [0.25, 0.3) is 5.91 Å². The van der Waals surface area contributed by atoms with E-state index in [1.807, 2.05) is 0 Å². The zero-order valence-corrected chi connectivity index (χ0v) is 13.5. The first kappa shape index (κ1) is 19.3. The second-order valence-electron chi connectivity index (χ2n) is 5.18. The van der Waals surface area contributed by atoms with Gasteiger partial charge in [-0.1, -0.05) is 17.3 Å². The molecule has 0 radical (unpaired) electrons. The van der Waals surface area contributed by atoms with Crippen LogP contribution in [0.5, 0.6) is 0 Å². The number of hydrogen-bond acceptors (Lipinski definition) is 4. The largest absolute Gasteiger partial charge is 0.481 e. The summed E-state index contributed by atoms with van der Waals surface area (Å²) in [5, 5.41) is 15.3. The molecule has 0 saturated carbocycles. The van der Waals surface area contributed by atoms with Crippen LogP contribution in [-0.2, 0) is 11.0 Å². The fraction of sp³-hybridized carbons (Fsp3) is 0.333. The lowest BCUT2D eigenvalue weighted by molar-refractivity contribution is -0.143. The summed E-state index contributed by atoms with van der Waals surface area (Å²) < 4.78 is 54.6. The van der Waals surface area contributed by atoms with Gasteiger partial charge < -0.3 is 10.0 Å². The van der Waals surface area contributed by atoms with Crippen molar-refractivity contribution in [3.8, 4) is 5.69 Å². The standard InChI is InChI=1S/C15H14F4N4O3/c1-2-22(8-7-11(24)25)14(26)12-13(15(17,18)19)23(21-20-12)10-6-4-3-5-9(10)16/h3-6H,2,7-8H2,1H3,(H,24,25). The molecule has 11 heteroatoms. The number of hydrogen-bond donors (Lipinski definition) is 1. The van der Waals surface area contributed by atoms with Crippen LogP contribution in [0, 0.1) is 5.82 Å². The predicted molar refractivity (Wildman–Crippen MR) is 80.1 cm³/mol. The van der Waals surface area contributed by atoms with Gasteiger partial charge in [0, 0.05) is 13.1 Å². The summed E-state index contributed by atoms with van der Waals surface area (Å²) in [6.45, 7) is 1.15. The van der Waals surface area contributed by atoms with E-state index in [-0.39, 0.29) is 17.8 Å². The number of alkyl halides is 3.